The summed E-state index contributed by atoms with van der Waals surface area (Å²) in [4.78, 5) is 37.0. The van der Waals surface area contributed by atoms with Crippen molar-refractivity contribution in [1.82, 2.24) is 5.32 Å². The third-order valence-electron chi connectivity index (χ3n) is 4.32. The van der Waals surface area contributed by atoms with E-state index in [0.717, 1.165) is 0 Å². The summed E-state index contributed by atoms with van der Waals surface area (Å²) in [6.07, 6.45) is 0. The number of para-hydroxylation sites is 3. The molecule has 0 atom stereocenters. The molecule has 0 spiro atoms. The number of rotatable bonds is 7. The van der Waals surface area contributed by atoms with E-state index in [1.54, 1.807) is 67.7 Å². The quantitative estimate of drug-likeness (QED) is 0.487. The Hall–Kier alpha value is -4.13. The third kappa shape index (κ3) is 5.23. The van der Waals surface area contributed by atoms with E-state index in [1.165, 1.54) is 0 Å². The van der Waals surface area contributed by atoms with E-state index < -0.39 is 0 Å². The third-order valence-corrected chi connectivity index (χ3v) is 4.32. The molecule has 0 radical (unpaired) electrons. The Morgan fingerprint density at radius 3 is 1.90 bits per heavy atom. The van der Waals surface area contributed by atoms with Gasteiger partial charge in [-0.1, -0.05) is 42.5 Å². The number of benzene rings is 3. The fraction of sp³-hybridized carbons (Fsp3) is 0.0870. The number of amides is 3. The molecule has 0 unspecified atom stereocenters. The van der Waals surface area contributed by atoms with Gasteiger partial charge in [-0.15, -0.1) is 0 Å². The zero-order chi connectivity index (χ0) is 21.3. The SMILES string of the molecule is CNC(=O)c1ccccc1NCC(=O)Nc1ccccc1C(=O)Nc1ccccc1. The molecule has 0 heterocycles. The maximum absolute atomic E-state index is 12.6. The van der Waals surface area contributed by atoms with Crippen molar-refractivity contribution in [3.05, 3.63) is 90.0 Å². The number of nitrogens with one attached hydrogen (secondary N) is 4. The van der Waals surface area contributed by atoms with Crippen LogP contribution < -0.4 is 21.3 Å². The lowest BCUT2D eigenvalue weighted by Crippen LogP contribution is -2.25. The van der Waals surface area contributed by atoms with Gasteiger partial charge in [-0.05, 0) is 36.4 Å². The summed E-state index contributed by atoms with van der Waals surface area (Å²) in [7, 11) is 1.54. The summed E-state index contributed by atoms with van der Waals surface area (Å²) in [6.45, 7) is -0.0668. The van der Waals surface area contributed by atoms with Crippen LogP contribution in [0.15, 0.2) is 78.9 Å². The molecular weight excluding hydrogens is 380 g/mol. The first-order valence-corrected chi connectivity index (χ1v) is 9.38. The summed E-state index contributed by atoms with van der Waals surface area (Å²) in [6, 6.07) is 22.8. The zero-order valence-electron chi connectivity index (χ0n) is 16.4. The van der Waals surface area contributed by atoms with Crippen LogP contribution in [0.5, 0.6) is 0 Å². The first kappa shape index (κ1) is 20.6. The Labute approximate surface area is 174 Å². The van der Waals surface area contributed by atoms with E-state index in [0.29, 0.717) is 28.2 Å². The Morgan fingerprint density at radius 1 is 0.667 bits per heavy atom. The standard InChI is InChI=1S/C23H22N4O3/c1-24-22(29)17-11-5-7-13-19(17)25-15-21(28)27-20-14-8-6-12-18(20)23(30)26-16-9-3-2-4-10-16/h2-14,25H,15H2,1H3,(H,24,29)(H,26,30)(H,27,28). The molecule has 3 rings (SSSR count). The van der Waals surface area contributed by atoms with Gasteiger partial charge >= 0.3 is 0 Å². The summed E-state index contributed by atoms with van der Waals surface area (Å²) < 4.78 is 0. The molecule has 0 fully saturated rings. The van der Waals surface area contributed by atoms with Gasteiger partial charge in [0.25, 0.3) is 11.8 Å². The van der Waals surface area contributed by atoms with Crippen LogP contribution in [0.1, 0.15) is 20.7 Å². The molecule has 0 saturated heterocycles. The van der Waals surface area contributed by atoms with E-state index in [9.17, 15) is 14.4 Å². The van der Waals surface area contributed by atoms with E-state index in [2.05, 4.69) is 21.3 Å². The molecule has 7 nitrogen and oxygen atoms in total. The molecule has 3 amide bonds. The Kier molecular flexibility index (Phi) is 6.78. The van der Waals surface area contributed by atoms with Crippen LogP contribution in [-0.2, 0) is 4.79 Å². The van der Waals surface area contributed by atoms with Crippen LogP contribution in [-0.4, -0.2) is 31.3 Å². The number of anilines is 3. The average Bonchev–Trinajstić information content (AvgIpc) is 2.78. The van der Waals surface area contributed by atoms with Gasteiger partial charge in [-0.2, -0.15) is 0 Å². The molecule has 7 heteroatoms. The van der Waals surface area contributed by atoms with Crippen molar-refractivity contribution < 1.29 is 14.4 Å². The van der Waals surface area contributed by atoms with Crippen LogP contribution in [0, 0.1) is 0 Å². The van der Waals surface area contributed by atoms with Crippen molar-refractivity contribution in [2.24, 2.45) is 0 Å². The normalized spacial score (nSPS) is 10.0. The fourth-order valence-corrected chi connectivity index (χ4v) is 2.85. The second-order valence-corrected chi connectivity index (χ2v) is 6.39. The first-order valence-electron chi connectivity index (χ1n) is 9.38. The maximum atomic E-state index is 12.6. The lowest BCUT2D eigenvalue weighted by atomic mass is 10.1. The summed E-state index contributed by atoms with van der Waals surface area (Å²) in [5, 5.41) is 11.1. The van der Waals surface area contributed by atoms with Crippen molar-refractivity contribution in [3.63, 3.8) is 0 Å². The van der Waals surface area contributed by atoms with Crippen LogP contribution in [0.25, 0.3) is 0 Å². The number of carbonyl (C=O) groups excluding carboxylic acids is 3. The first-order chi connectivity index (χ1) is 14.6. The molecule has 0 saturated carbocycles. The van der Waals surface area contributed by atoms with Gasteiger partial charge in [-0.25, -0.2) is 0 Å². The van der Waals surface area contributed by atoms with Gasteiger partial charge < -0.3 is 21.3 Å². The summed E-state index contributed by atoms with van der Waals surface area (Å²) in [5.74, 6) is -0.918. The van der Waals surface area contributed by atoms with Crippen molar-refractivity contribution in [3.8, 4) is 0 Å². The van der Waals surface area contributed by atoms with Crippen LogP contribution >= 0.6 is 0 Å². The van der Waals surface area contributed by atoms with Crippen molar-refractivity contribution >= 4 is 34.8 Å². The second kappa shape index (κ2) is 9.88. The van der Waals surface area contributed by atoms with Gasteiger partial charge in [0.1, 0.15) is 0 Å². The summed E-state index contributed by atoms with van der Waals surface area (Å²) in [5.41, 5.74) is 2.39. The highest BCUT2D eigenvalue weighted by atomic mass is 16.2. The van der Waals surface area contributed by atoms with E-state index >= 15 is 0 Å². The molecule has 0 bridgehead atoms. The van der Waals surface area contributed by atoms with Crippen molar-refractivity contribution in [2.45, 2.75) is 0 Å². The monoisotopic (exact) mass is 402 g/mol. The predicted molar refractivity (Wildman–Crippen MR) is 118 cm³/mol. The molecule has 3 aromatic carbocycles. The molecule has 30 heavy (non-hydrogen) atoms. The van der Waals surface area contributed by atoms with Gasteiger partial charge in [0.05, 0.1) is 23.4 Å². The highest BCUT2D eigenvalue weighted by Gasteiger charge is 2.14. The fourth-order valence-electron chi connectivity index (χ4n) is 2.85. The molecule has 0 aliphatic heterocycles. The van der Waals surface area contributed by atoms with Gasteiger partial charge in [0.15, 0.2) is 0 Å². The topological polar surface area (TPSA) is 99.3 Å². The number of carbonyl (C=O) groups is 3. The van der Waals surface area contributed by atoms with Gasteiger partial charge in [0.2, 0.25) is 5.91 Å². The Morgan fingerprint density at radius 2 is 1.23 bits per heavy atom. The Bertz CT molecular complexity index is 1050. The molecular formula is C23H22N4O3. The van der Waals surface area contributed by atoms with E-state index in [-0.39, 0.29) is 24.3 Å². The maximum Gasteiger partial charge on any atom is 0.257 e. The predicted octanol–water partition coefficient (Wildman–Crippen LogP) is 3.35. The minimum absolute atomic E-state index is 0.0668. The molecule has 3 aromatic rings. The van der Waals surface area contributed by atoms with E-state index in [1.807, 2.05) is 18.2 Å². The van der Waals surface area contributed by atoms with Crippen LogP contribution in [0.3, 0.4) is 0 Å². The second-order valence-electron chi connectivity index (χ2n) is 6.39. The lowest BCUT2D eigenvalue weighted by Gasteiger charge is -2.13. The minimum atomic E-state index is -0.346. The number of hydrogen-bond donors (Lipinski definition) is 4. The number of hydrogen-bond acceptors (Lipinski definition) is 4. The smallest absolute Gasteiger partial charge is 0.257 e. The zero-order valence-corrected chi connectivity index (χ0v) is 16.4. The summed E-state index contributed by atoms with van der Waals surface area (Å²) >= 11 is 0. The lowest BCUT2D eigenvalue weighted by molar-refractivity contribution is -0.114. The van der Waals surface area contributed by atoms with Crippen molar-refractivity contribution in [2.75, 3.05) is 29.5 Å². The highest BCUT2D eigenvalue weighted by Crippen LogP contribution is 2.18. The molecule has 0 aliphatic carbocycles. The largest absolute Gasteiger partial charge is 0.376 e. The molecule has 0 aromatic heterocycles. The van der Waals surface area contributed by atoms with Crippen LogP contribution in [0.4, 0.5) is 17.1 Å². The Balaban J connectivity index is 1.67. The molecule has 0 aliphatic rings. The molecule has 4 N–H and O–H groups in total. The van der Waals surface area contributed by atoms with Crippen molar-refractivity contribution in [1.29, 1.82) is 0 Å². The highest BCUT2D eigenvalue weighted by molar-refractivity contribution is 6.10. The van der Waals surface area contributed by atoms with Crippen LogP contribution in [0.2, 0.25) is 0 Å². The van der Waals surface area contributed by atoms with Gasteiger partial charge in [-0.3, -0.25) is 14.4 Å². The minimum Gasteiger partial charge on any atom is -0.376 e. The van der Waals surface area contributed by atoms with E-state index in [4.69, 9.17) is 0 Å². The molecule has 152 valence electrons. The average molecular weight is 402 g/mol. The van der Waals surface area contributed by atoms with Gasteiger partial charge in [0, 0.05) is 18.4 Å².